The van der Waals surface area contributed by atoms with Crippen molar-refractivity contribution in [1.82, 2.24) is 14.5 Å². The molecular weight excluding hydrogens is 352 g/mol. The molecule has 0 N–H and O–H groups in total. The number of hydrogen-bond donors (Lipinski definition) is 0. The first-order valence-electron chi connectivity index (χ1n) is 9.44. The van der Waals surface area contributed by atoms with Crippen molar-refractivity contribution in [2.75, 3.05) is 36.0 Å². The highest BCUT2D eigenvalue weighted by atomic mass is 16.1. The first-order chi connectivity index (χ1) is 13.6. The van der Waals surface area contributed by atoms with Crippen molar-refractivity contribution in [2.24, 2.45) is 0 Å². The summed E-state index contributed by atoms with van der Waals surface area (Å²) in [5.41, 5.74) is 2.38. The summed E-state index contributed by atoms with van der Waals surface area (Å²) in [6, 6.07) is 11.7. The fourth-order valence-corrected chi connectivity index (χ4v) is 3.60. The number of anilines is 2. The van der Waals surface area contributed by atoms with Gasteiger partial charge in [0.2, 0.25) is 0 Å². The van der Waals surface area contributed by atoms with Crippen molar-refractivity contribution >= 4 is 22.4 Å². The smallest absolute Gasteiger partial charge is 0.261 e. The van der Waals surface area contributed by atoms with Crippen LogP contribution in [-0.4, -0.2) is 40.7 Å². The molecule has 0 unspecified atom stereocenters. The highest BCUT2D eigenvalue weighted by Crippen LogP contribution is 2.23. The van der Waals surface area contributed by atoms with Crippen LogP contribution in [0.1, 0.15) is 25.5 Å². The molecule has 1 saturated heterocycles. The fourth-order valence-electron chi connectivity index (χ4n) is 3.60. The predicted octanol–water partition coefficient (Wildman–Crippen LogP) is 2.57. The monoisotopic (exact) mass is 374 g/mol. The molecule has 3 heterocycles. The molecule has 2 aromatic heterocycles. The lowest BCUT2D eigenvalue weighted by Crippen LogP contribution is -2.47. The maximum absolute atomic E-state index is 12.6. The highest BCUT2D eigenvalue weighted by molar-refractivity contribution is 5.81. The molecule has 0 radical (unpaired) electrons. The van der Waals surface area contributed by atoms with Crippen LogP contribution in [0.3, 0.4) is 0 Å². The Balaban J connectivity index is 1.55. The summed E-state index contributed by atoms with van der Waals surface area (Å²) >= 11 is 0. The van der Waals surface area contributed by atoms with Gasteiger partial charge in [-0.05, 0) is 44.2 Å². The molecule has 28 heavy (non-hydrogen) atoms. The Hall–Kier alpha value is -3.40. The standard InChI is InChI=1S/C21H22N6O/c1-15(2)27-14-24-19-12-17(5-6-18(19)21(27)28)25-8-10-26(11-9-25)20-16(13-22)4-3-7-23-20/h3-7,12,14-15H,8-11H2,1-2H3. The molecule has 4 rings (SSSR count). The number of nitriles is 1. The van der Waals surface area contributed by atoms with Crippen molar-refractivity contribution in [3.05, 3.63) is 58.8 Å². The van der Waals surface area contributed by atoms with Crippen LogP contribution < -0.4 is 15.4 Å². The van der Waals surface area contributed by atoms with Gasteiger partial charge in [0, 0.05) is 44.1 Å². The van der Waals surface area contributed by atoms with Crippen LogP contribution in [0.5, 0.6) is 0 Å². The van der Waals surface area contributed by atoms with E-state index in [0.717, 1.165) is 43.2 Å². The Bertz CT molecular complexity index is 1110. The summed E-state index contributed by atoms with van der Waals surface area (Å²) in [6.07, 6.45) is 3.35. The third-order valence-corrected chi connectivity index (χ3v) is 5.18. The zero-order valence-electron chi connectivity index (χ0n) is 16.0. The average Bonchev–Trinajstić information content (AvgIpc) is 2.73. The third kappa shape index (κ3) is 3.18. The van der Waals surface area contributed by atoms with Crippen LogP contribution in [-0.2, 0) is 0 Å². The second-order valence-electron chi connectivity index (χ2n) is 7.21. The van der Waals surface area contributed by atoms with Gasteiger partial charge in [-0.3, -0.25) is 9.36 Å². The maximum atomic E-state index is 12.6. The molecule has 0 spiro atoms. The predicted molar refractivity (Wildman–Crippen MR) is 110 cm³/mol. The summed E-state index contributed by atoms with van der Waals surface area (Å²) < 4.78 is 1.65. The van der Waals surface area contributed by atoms with Crippen molar-refractivity contribution < 1.29 is 0 Å². The van der Waals surface area contributed by atoms with Gasteiger partial charge in [0.25, 0.3) is 5.56 Å². The van der Waals surface area contributed by atoms with Crippen LogP contribution in [0, 0.1) is 11.3 Å². The summed E-state index contributed by atoms with van der Waals surface area (Å²) in [6.45, 7) is 7.15. The van der Waals surface area contributed by atoms with Gasteiger partial charge in [-0.2, -0.15) is 5.26 Å². The molecule has 7 heteroatoms. The Morgan fingerprint density at radius 3 is 2.54 bits per heavy atom. The topological polar surface area (TPSA) is 78.1 Å². The molecule has 1 aromatic carbocycles. The zero-order valence-corrected chi connectivity index (χ0v) is 16.0. The van der Waals surface area contributed by atoms with Crippen LogP contribution in [0.2, 0.25) is 0 Å². The van der Waals surface area contributed by atoms with Crippen LogP contribution >= 0.6 is 0 Å². The average molecular weight is 374 g/mol. The molecular formula is C21H22N6O. The van der Waals surface area contributed by atoms with E-state index in [4.69, 9.17) is 0 Å². The minimum Gasteiger partial charge on any atom is -0.368 e. The molecule has 0 saturated carbocycles. The van der Waals surface area contributed by atoms with E-state index in [-0.39, 0.29) is 11.6 Å². The molecule has 1 fully saturated rings. The first kappa shape index (κ1) is 18.0. The van der Waals surface area contributed by atoms with E-state index in [1.165, 1.54) is 0 Å². The summed E-state index contributed by atoms with van der Waals surface area (Å²) in [4.78, 5) is 25.9. The van der Waals surface area contributed by atoms with E-state index in [2.05, 4.69) is 25.8 Å². The van der Waals surface area contributed by atoms with Crippen molar-refractivity contribution in [3.8, 4) is 6.07 Å². The molecule has 0 bridgehead atoms. The van der Waals surface area contributed by atoms with E-state index in [0.29, 0.717) is 10.9 Å². The van der Waals surface area contributed by atoms with Gasteiger partial charge < -0.3 is 9.80 Å². The summed E-state index contributed by atoms with van der Waals surface area (Å²) in [7, 11) is 0. The van der Waals surface area contributed by atoms with E-state index < -0.39 is 0 Å². The fraction of sp³-hybridized carbons (Fsp3) is 0.333. The van der Waals surface area contributed by atoms with Crippen molar-refractivity contribution in [1.29, 1.82) is 5.26 Å². The highest BCUT2D eigenvalue weighted by Gasteiger charge is 2.21. The zero-order chi connectivity index (χ0) is 19.7. The lowest BCUT2D eigenvalue weighted by Gasteiger charge is -2.37. The largest absolute Gasteiger partial charge is 0.368 e. The Morgan fingerprint density at radius 1 is 1.07 bits per heavy atom. The van der Waals surface area contributed by atoms with E-state index >= 15 is 0 Å². The van der Waals surface area contributed by atoms with Gasteiger partial charge in [0.15, 0.2) is 0 Å². The van der Waals surface area contributed by atoms with Crippen molar-refractivity contribution in [3.63, 3.8) is 0 Å². The third-order valence-electron chi connectivity index (χ3n) is 5.18. The lowest BCUT2D eigenvalue weighted by molar-refractivity contribution is 0.573. The number of piperazine rings is 1. The molecule has 142 valence electrons. The first-order valence-corrected chi connectivity index (χ1v) is 9.44. The number of rotatable bonds is 3. The Kier molecular flexibility index (Phi) is 4.70. The number of nitrogens with zero attached hydrogens (tertiary/aromatic N) is 6. The van der Waals surface area contributed by atoms with Crippen LogP contribution in [0.15, 0.2) is 47.7 Å². The Labute approximate surface area is 163 Å². The summed E-state index contributed by atoms with van der Waals surface area (Å²) in [5, 5.41) is 9.94. The molecule has 1 aliphatic rings. The SMILES string of the molecule is CC(C)n1cnc2cc(N3CCN(c4ncccc4C#N)CC3)ccc2c1=O. The van der Waals surface area contributed by atoms with Crippen LogP contribution in [0.4, 0.5) is 11.5 Å². The number of aromatic nitrogens is 3. The molecule has 3 aromatic rings. The van der Waals surface area contributed by atoms with E-state index in [1.807, 2.05) is 32.0 Å². The van der Waals surface area contributed by atoms with Gasteiger partial charge in [0.05, 0.1) is 22.8 Å². The minimum absolute atomic E-state index is 0.00412. The molecule has 0 atom stereocenters. The Morgan fingerprint density at radius 2 is 1.82 bits per heavy atom. The van der Waals surface area contributed by atoms with Gasteiger partial charge in [-0.25, -0.2) is 9.97 Å². The van der Waals surface area contributed by atoms with Gasteiger partial charge >= 0.3 is 0 Å². The summed E-state index contributed by atoms with van der Waals surface area (Å²) in [5.74, 6) is 0.749. The van der Waals surface area contributed by atoms with Crippen LogP contribution in [0.25, 0.3) is 10.9 Å². The number of benzene rings is 1. The number of hydrogen-bond acceptors (Lipinski definition) is 6. The maximum Gasteiger partial charge on any atom is 0.261 e. The molecule has 1 aliphatic heterocycles. The lowest BCUT2D eigenvalue weighted by atomic mass is 10.1. The number of pyridine rings is 1. The minimum atomic E-state index is -0.00412. The second-order valence-corrected chi connectivity index (χ2v) is 7.21. The van der Waals surface area contributed by atoms with Crippen molar-refractivity contribution in [2.45, 2.75) is 19.9 Å². The normalized spacial score (nSPS) is 14.5. The van der Waals surface area contributed by atoms with E-state index in [9.17, 15) is 10.1 Å². The number of fused-ring (bicyclic) bond motifs is 1. The molecule has 0 amide bonds. The van der Waals surface area contributed by atoms with Gasteiger partial charge in [-0.15, -0.1) is 0 Å². The molecule has 0 aliphatic carbocycles. The molecule has 7 nitrogen and oxygen atoms in total. The van der Waals surface area contributed by atoms with Gasteiger partial charge in [-0.1, -0.05) is 0 Å². The quantitative estimate of drug-likeness (QED) is 0.701. The van der Waals surface area contributed by atoms with Gasteiger partial charge in [0.1, 0.15) is 11.9 Å². The second kappa shape index (κ2) is 7.31. The van der Waals surface area contributed by atoms with E-state index in [1.54, 1.807) is 29.2 Å².